The second-order valence-electron chi connectivity index (χ2n) is 7.35. The highest BCUT2D eigenvalue weighted by Gasteiger charge is 2.63. The molecule has 24 heavy (non-hydrogen) atoms. The van der Waals surface area contributed by atoms with Gasteiger partial charge in [-0.05, 0) is 50.3 Å². The first-order valence-corrected chi connectivity index (χ1v) is 9.64. The molecule has 1 aliphatic carbocycles. The van der Waals surface area contributed by atoms with Gasteiger partial charge in [-0.2, -0.15) is 5.10 Å². The molecule has 1 amide bonds. The molecule has 3 atom stereocenters. The fourth-order valence-corrected chi connectivity index (χ4v) is 5.42. The zero-order valence-electron chi connectivity index (χ0n) is 13.8. The maximum atomic E-state index is 12.9. The van der Waals surface area contributed by atoms with Crippen LogP contribution in [0.25, 0.3) is 10.9 Å². The monoisotopic (exact) mass is 388 g/mol. The largest absolute Gasteiger partial charge is 0.346 e. The van der Waals surface area contributed by atoms with Crippen LogP contribution in [0.2, 0.25) is 0 Å². The number of hydrogen-bond acceptors (Lipinski definition) is 3. The number of aromatic nitrogens is 2. The third kappa shape index (κ3) is 1.84. The topological polar surface area (TPSA) is 50.2 Å². The van der Waals surface area contributed by atoms with Crippen molar-refractivity contribution in [3.8, 4) is 0 Å². The summed E-state index contributed by atoms with van der Waals surface area (Å²) in [7, 11) is 0. The molecular formula is C18H21BrN4O. The van der Waals surface area contributed by atoms with Crippen molar-refractivity contribution in [2.75, 3.05) is 13.1 Å². The van der Waals surface area contributed by atoms with Gasteiger partial charge in [-0.15, -0.1) is 0 Å². The second kappa shape index (κ2) is 5.05. The molecule has 3 heterocycles. The Hall–Kier alpha value is -1.40. The number of nitrogens with one attached hydrogen (secondary N) is 1. The minimum atomic E-state index is -0.0279. The molecule has 3 fully saturated rings. The minimum absolute atomic E-state index is 0.0279. The molecule has 5 nitrogen and oxygen atoms in total. The van der Waals surface area contributed by atoms with Crippen molar-refractivity contribution in [3.63, 3.8) is 0 Å². The Morgan fingerprint density at radius 1 is 1.46 bits per heavy atom. The van der Waals surface area contributed by atoms with Gasteiger partial charge in [0.25, 0.3) is 5.91 Å². The molecule has 1 N–H and O–H groups in total. The van der Waals surface area contributed by atoms with Gasteiger partial charge in [-0.1, -0.05) is 15.9 Å². The summed E-state index contributed by atoms with van der Waals surface area (Å²) in [4.78, 5) is 15.5. The quantitative estimate of drug-likeness (QED) is 0.879. The van der Waals surface area contributed by atoms with Crippen molar-refractivity contribution >= 4 is 32.7 Å². The fourth-order valence-electron chi connectivity index (χ4n) is 5.06. The van der Waals surface area contributed by atoms with Crippen LogP contribution in [0.3, 0.4) is 0 Å². The number of rotatable bonds is 3. The van der Waals surface area contributed by atoms with Gasteiger partial charge < -0.3 is 5.32 Å². The Bertz CT molecular complexity index is 843. The third-order valence-electron chi connectivity index (χ3n) is 6.47. The first-order chi connectivity index (χ1) is 11.6. The summed E-state index contributed by atoms with van der Waals surface area (Å²) < 4.78 is 2.88. The van der Waals surface area contributed by atoms with E-state index in [2.05, 4.69) is 38.2 Å². The molecule has 5 rings (SSSR count). The summed E-state index contributed by atoms with van der Waals surface area (Å²) in [5, 5.41) is 8.80. The lowest BCUT2D eigenvalue weighted by molar-refractivity contribution is -0.0676. The Balaban J connectivity index is 1.45. The van der Waals surface area contributed by atoms with Gasteiger partial charge in [0, 0.05) is 41.1 Å². The molecule has 2 aliphatic heterocycles. The van der Waals surface area contributed by atoms with Gasteiger partial charge in [-0.25, -0.2) is 0 Å². The molecule has 0 radical (unpaired) electrons. The van der Waals surface area contributed by atoms with Gasteiger partial charge in [-0.3, -0.25) is 14.4 Å². The number of aryl methyl sites for hydroxylation is 1. The van der Waals surface area contributed by atoms with E-state index in [0.29, 0.717) is 17.2 Å². The van der Waals surface area contributed by atoms with Gasteiger partial charge in [0.2, 0.25) is 0 Å². The highest BCUT2D eigenvalue weighted by Crippen LogP contribution is 2.57. The first kappa shape index (κ1) is 14.9. The van der Waals surface area contributed by atoms with Crippen molar-refractivity contribution in [2.45, 2.75) is 44.3 Å². The molecule has 126 valence electrons. The third-order valence-corrected chi connectivity index (χ3v) is 6.96. The van der Waals surface area contributed by atoms with E-state index in [9.17, 15) is 4.79 Å². The van der Waals surface area contributed by atoms with E-state index in [4.69, 9.17) is 0 Å². The van der Waals surface area contributed by atoms with E-state index in [-0.39, 0.29) is 11.9 Å². The van der Waals surface area contributed by atoms with Crippen molar-refractivity contribution in [1.29, 1.82) is 0 Å². The summed E-state index contributed by atoms with van der Waals surface area (Å²) in [5.41, 5.74) is 2.00. The van der Waals surface area contributed by atoms with Crippen LogP contribution in [-0.2, 0) is 6.54 Å². The van der Waals surface area contributed by atoms with Crippen LogP contribution in [0.15, 0.2) is 22.7 Å². The molecule has 2 aromatic rings. The Morgan fingerprint density at radius 3 is 2.96 bits per heavy atom. The van der Waals surface area contributed by atoms with Gasteiger partial charge in [0.1, 0.15) is 0 Å². The average molecular weight is 389 g/mol. The van der Waals surface area contributed by atoms with Gasteiger partial charge in [0.15, 0.2) is 5.69 Å². The summed E-state index contributed by atoms with van der Waals surface area (Å²) in [6.07, 6.45) is 3.87. The molecule has 6 heteroatoms. The Kier molecular flexibility index (Phi) is 3.14. The SMILES string of the molecule is CCn1nc(C(=O)N[C@@H]2CN3CCC34CC[C@H]24)c2cc(Br)ccc21. The molecule has 1 aromatic carbocycles. The summed E-state index contributed by atoms with van der Waals surface area (Å²) in [6.45, 7) is 5.01. The molecule has 1 aromatic heterocycles. The maximum Gasteiger partial charge on any atom is 0.272 e. The van der Waals surface area contributed by atoms with Crippen LogP contribution in [0.5, 0.6) is 0 Å². The molecule has 1 spiro atoms. The zero-order valence-corrected chi connectivity index (χ0v) is 15.3. The lowest BCUT2D eigenvalue weighted by Gasteiger charge is -2.58. The van der Waals surface area contributed by atoms with Crippen LogP contribution in [0.1, 0.15) is 36.7 Å². The molecule has 1 unspecified atom stereocenters. The Morgan fingerprint density at radius 2 is 2.33 bits per heavy atom. The van der Waals surface area contributed by atoms with Crippen LogP contribution in [0.4, 0.5) is 0 Å². The van der Waals surface area contributed by atoms with E-state index in [1.54, 1.807) is 0 Å². The number of fused-ring (bicyclic) bond motifs is 1. The standard InChI is InChI=1S/C18H21BrN4O/c1-2-23-15-4-3-11(19)9-12(15)16(21-23)17(24)20-14-10-22-8-7-18(22)6-5-13(14)18/h3-4,9,13-14H,2,5-8,10H2,1H3,(H,20,24)/t13-,14-,18?/m1/s1. The number of carbonyl (C=O) groups is 1. The van der Waals surface area contributed by atoms with E-state index in [1.165, 1.54) is 25.8 Å². The normalized spacial score (nSPS) is 31.2. The van der Waals surface area contributed by atoms with Crippen molar-refractivity contribution in [1.82, 2.24) is 20.0 Å². The molecule has 3 aliphatic rings. The van der Waals surface area contributed by atoms with Crippen molar-refractivity contribution < 1.29 is 4.79 Å². The average Bonchev–Trinajstić information content (AvgIpc) is 2.93. The van der Waals surface area contributed by atoms with Crippen LogP contribution in [-0.4, -0.2) is 45.3 Å². The first-order valence-electron chi connectivity index (χ1n) is 8.84. The zero-order chi connectivity index (χ0) is 16.5. The van der Waals surface area contributed by atoms with Crippen LogP contribution < -0.4 is 5.32 Å². The van der Waals surface area contributed by atoms with Crippen molar-refractivity contribution in [3.05, 3.63) is 28.4 Å². The van der Waals surface area contributed by atoms with E-state index >= 15 is 0 Å². The van der Waals surface area contributed by atoms with Gasteiger partial charge in [0.05, 0.1) is 5.52 Å². The number of benzene rings is 1. The molecule has 0 bridgehead atoms. The number of nitrogens with zero attached hydrogens (tertiary/aromatic N) is 3. The highest BCUT2D eigenvalue weighted by molar-refractivity contribution is 9.10. The van der Waals surface area contributed by atoms with E-state index in [0.717, 1.165) is 28.5 Å². The lowest BCUT2D eigenvalue weighted by atomic mass is 9.61. The number of halogens is 1. The summed E-state index contributed by atoms with van der Waals surface area (Å²) in [6, 6.07) is 6.30. The van der Waals surface area contributed by atoms with Crippen LogP contribution >= 0.6 is 15.9 Å². The molecular weight excluding hydrogens is 368 g/mol. The second-order valence-corrected chi connectivity index (χ2v) is 8.27. The van der Waals surface area contributed by atoms with Crippen molar-refractivity contribution in [2.24, 2.45) is 5.92 Å². The molecule has 1 saturated carbocycles. The van der Waals surface area contributed by atoms with Crippen LogP contribution in [0, 0.1) is 5.92 Å². The smallest absolute Gasteiger partial charge is 0.272 e. The number of hydrogen-bond donors (Lipinski definition) is 1. The number of amides is 1. The maximum absolute atomic E-state index is 12.9. The predicted octanol–water partition coefficient (Wildman–Crippen LogP) is 2.79. The lowest BCUT2D eigenvalue weighted by Crippen LogP contribution is -2.64. The molecule has 2 saturated heterocycles. The summed E-state index contributed by atoms with van der Waals surface area (Å²) >= 11 is 3.51. The van der Waals surface area contributed by atoms with Gasteiger partial charge >= 0.3 is 0 Å². The Labute approximate surface area is 149 Å². The van der Waals surface area contributed by atoms with E-state index < -0.39 is 0 Å². The fraction of sp³-hybridized carbons (Fsp3) is 0.556. The summed E-state index contributed by atoms with van der Waals surface area (Å²) in [5.74, 6) is 0.612. The predicted molar refractivity (Wildman–Crippen MR) is 96.0 cm³/mol. The van der Waals surface area contributed by atoms with E-state index in [1.807, 2.05) is 22.9 Å². The number of carbonyl (C=O) groups excluding carboxylic acids is 1. The highest BCUT2D eigenvalue weighted by atomic mass is 79.9. The minimum Gasteiger partial charge on any atom is -0.346 e.